The Hall–Kier alpha value is -1.71. The van der Waals surface area contributed by atoms with E-state index in [0.29, 0.717) is 5.88 Å². The van der Waals surface area contributed by atoms with Gasteiger partial charge in [-0.2, -0.15) is 0 Å². The molecule has 0 spiro atoms. The van der Waals surface area contributed by atoms with Gasteiger partial charge in [-0.3, -0.25) is 0 Å². The van der Waals surface area contributed by atoms with Gasteiger partial charge >= 0.3 is 0 Å². The van der Waals surface area contributed by atoms with Gasteiger partial charge in [-0.25, -0.2) is 4.98 Å². The third-order valence-corrected chi connectivity index (χ3v) is 2.33. The van der Waals surface area contributed by atoms with Crippen molar-refractivity contribution >= 4 is 5.69 Å². The molecule has 0 aliphatic heterocycles. The number of allylic oxidation sites excluding steroid dienone is 1. The van der Waals surface area contributed by atoms with Crippen molar-refractivity contribution in [2.24, 2.45) is 0 Å². The first kappa shape index (κ1) is 12.4. The molecule has 1 heterocycles. The molecular weight excluding hydrogens is 202 g/mol. The number of anilines is 1. The Labute approximate surface area is 96.9 Å². The summed E-state index contributed by atoms with van der Waals surface area (Å²) in [5.41, 5.74) is 2.97. The molecular formula is C12H19N3O. The van der Waals surface area contributed by atoms with Crippen LogP contribution in [0, 0.1) is 6.92 Å². The lowest BCUT2D eigenvalue weighted by Gasteiger charge is -2.18. The Bertz CT molecular complexity index is 388. The quantitative estimate of drug-likeness (QED) is 0.843. The first-order chi connectivity index (χ1) is 7.58. The number of methoxy groups -OCH3 is 1. The second-order valence-electron chi connectivity index (χ2n) is 3.65. The fourth-order valence-electron chi connectivity index (χ4n) is 1.37. The maximum absolute atomic E-state index is 5.26. The number of hydrogen-bond acceptors (Lipinski definition) is 4. The smallest absolute Gasteiger partial charge is 0.237 e. The van der Waals surface area contributed by atoms with Gasteiger partial charge in [-0.1, -0.05) is 0 Å². The Morgan fingerprint density at radius 2 is 2.19 bits per heavy atom. The van der Waals surface area contributed by atoms with E-state index in [9.17, 15) is 0 Å². The second kappa shape index (κ2) is 5.39. The van der Waals surface area contributed by atoms with E-state index in [0.717, 1.165) is 17.1 Å². The van der Waals surface area contributed by atoms with Crippen LogP contribution in [0.5, 0.6) is 5.88 Å². The summed E-state index contributed by atoms with van der Waals surface area (Å²) in [7, 11) is 5.49. The number of nitrogens with zero attached hydrogens (tertiary/aromatic N) is 2. The van der Waals surface area contributed by atoms with Crippen LogP contribution in [-0.2, 0) is 0 Å². The molecule has 1 rings (SSSR count). The van der Waals surface area contributed by atoms with Gasteiger partial charge in [0.05, 0.1) is 7.11 Å². The van der Waals surface area contributed by atoms with Crippen LogP contribution < -0.4 is 15.0 Å². The van der Waals surface area contributed by atoms with Crippen molar-refractivity contribution in [1.29, 1.82) is 0 Å². The van der Waals surface area contributed by atoms with Crippen molar-refractivity contribution in [3.05, 3.63) is 29.7 Å². The van der Waals surface area contributed by atoms with Gasteiger partial charge in [-0.15, -0.1) is 0 Å². The number of rotatable bonds is 4. The summed E-state index contributed by atoms with van der Waals surface area (Å²) in [5.74, 6) is 0.641. The minimum absolute atomic E-state index is 0.641. The van der Waals surface area contributed by atoms with Crippen molar-refractivity contribution in [2.45, 2.75) is 13.8 Å². The van der Waals surface area contributed by atoms with E-state index >= 15 is 0 Å². The summed E-state index contributed by atoms with van der Waals surface area (Å²) in [6.45, 7) is 3.95. The molecule has 1 aromatic rings. The molecule has 0 fully saturated rings. The van der Waals surface area contributed by atoms with Crippen LogP contribution in [0.1, 0.15) is 12.6 Å². The second-order valence-corrected chi connectivity index (χ2v) is 3.65. The van der Waals surface area contributed by atoms with E-state index in [4.69, 9.17) is 4.74 Å². The summed E-state index contributed by atoms with van der Waals surface area (Å²) in [5, 5.41) is 3.07. The normalized spacial score (nSPS) is 11.2. The Kier molecular flexibility index (Phi) is 4.17. The SMILES string of the molecule is CN/C(C)=C\N(C)c1ccc(C)nc1OC. The molecule has 0 atom stereocenters. The fraction of sp³-hybridized carbons (Fsp3) is 0.417. The minimum atomic E-state index is 0.641. The molecule has 16 heavy (non-hydrogen) atoms. The molecule has 1 N–H and O–H groups in total. The molecule has 0 amide bonds. The monoisotopic (exact) mass is 221 g/mol. The van der Waals surface area contributed by atoms with Gasteiger partial charge in [0.1, 0.15) is 5.69 Å². The predicted molar refractivity (Wildman–Crippen MR) is 66.7 cm³/mol. The molecule has 88 valence electrons. The van der Waals surface area contributed by atoms with E-state index in [-0.39, 0.29) is 0 Å². The van der Waals surface area contributed by atoms with Crippen LogP contribution in [0.3, 0.4) is 0 Å². The highest BCUT2D eigenvalue weighted by Gasteiger charge is 2.07. The van der Waals surface area contributed by atoms with Gasteiger partial charge in [0.15, 0.2) is 0 Å². The Morgan fingerprint density at radius 1 is 1.50 bits per heavy atom. The molecule has 4 heteroatoms. The molecule has 0 radical (unpaired) electrons. The maximum atomic E-state index is 5.26. The molecule has 1 aromatic heterocycles. The van der Waals surface area contributed by atoms with E-state index in [1.165, 1.54) is 0 Å². The Balaban J connectivity index is 3.03. The molecule has 0 aliphatic carbocycles. The van der Waals surface area contributed by atoms with Crippen molar-refractivity contribution in [1.82, 2.24) is 10.3 Å². The maximum Gasteiger partial charge on any atom is 0.237 e. The summed E-state index contributed by atoms with van der Waals surface area (Å²) in [4.78, 5) is 6.32. The predicted octanol–water partition coefficient (Wildman–Crippen LogP) is 1.92. The van der Waals surface area contributed by atoms with Crippen molar-refractivity contribution < 1.29 is 4.74 Å². The number of hydrogen-bond donors (Lipinski definition) is 1. The standard InChI is InChI=1S/C12H19N3O/c1-9-6-7-11(12(14-9)16-5)15(4)8-10(2)13-3/h6-8,13H,1-5H3/b10-8-. The number of aromatic nitrogens is 1. The fourth-order valence-corrected chi connectivity index (χ4v) is 1.37. The Morgan fingerprint density at radius 3 is 2.75 bits per heavy atom. The highest BCUT2D eigenvalue weighted by Crippen LogP contribution is 2.25. The van der Waals surface area contributed by atoms with Gasteiger partial charge in [0, 0.05) is 31.7 Å². The lowest BCUT2D eigenvalue weighted by atomic mass is 10.3. The summed E-state index contributed by atoms with van der Waals surface area (Å²) < 4.78 is 5.26. The van der Waals surface area contributed by atoms with Crippen molar-refractivity contribution in [3.63, 3.8) is 0 Å². The third-order valence-electron chi connectivity index (χ3n) is 2.33. The number of ether oxygens (including phenoxy) is 1. The summed E-state index contributed by atoms with van der Waals surface area (Å²) in [6, 6.07) is 3.97. The zero-order valence-corrected chi connectivity index (χ0v) is 10.5. The summed E-state index contributed by atoms with van der Waals surface area (Å²) >= 11 is 0. The van der Waals surface area contributed by atoms with Crippen LogP contribution in [0.2, 0.25) is 0 Å². The van der Waals surface area contributed by atoms with Crippen LogP contribution in [0.4, 0.5) is 5.69 Å². The number of aryl methyl sites for hydroxylation is 1. The van der Waals surface area contributed by atoms with Gasteiger partial charge in [0.25, 0.3) is 0 Å². The van der Waals surface area contributed by atoms with E-state index in [2.05, 4.69) is 10.3 Å². The third kappa shape index (κ3) is 2.89. The summed E-state index contributed by atoms with van der Waals surface area (Å²) in [6.07, 6.45) is 1.99. The molecule has 4 nitrogen and oxygen atoms in total. The average Bonchev–Trinajstić information content (AvgIpc) is 2.28. The molecule has 0 saturated heterocycles. The average molecular weight is 221 g/mol. The number of nitrogens with one attached hydrogen (secondary N) is 1. The van der Waals surface area contributed by atoms with Gasteiger partial charge in [0.2, 0.25) is 5.88 Å². The number of pyridine rings is 1. The minimum Gasteiger partial charge on any atom is -0.480 e. The van der Waals surface area contributed by atoms with E-state index < -0.39 is 0 Å². The highest BCUT2D eigenvalue weighted by molar-refractivity contribution is 5.57. The first-order valence-corrected chi connectivity index (χ1v) is 5.19. The zero-order chi connectivity index (χ0) is 12.1. The van der Waals surface area contributed by atoms with Crippen LogP contribution in [0.15, 0.2) is 24.0 Å². The highest BCUT2D eigenvalue weighted by atomic mass is 16.5. The zero-order valence-electron chi connectivity index (χ0n) is 10.5. The largest absolute Gasteiger partial charge is 0.480 e. The molecule has 0 unspecified atom stereocenters. The van der Waals surface area contributed by atoms with Crippen molar-refractivity contribution in [3.8, 4) is 5.88 Å². The van der Waals surface area contributed by atoms with Crippen LogP contribution in [-0.4, -0.2) is 26.2 Å². The topological polar surface area (TPSA) is 37.4 Å². The first-order valence-electron chi connectivity index (χ1n) is 5.19. The van der Waals surface area contributed by atoms with Gasteiger partial charge in [-0.05, 0) is 26.0 Å². The van der Waals surface area contributed by atoms with Gasteiger partial charge < -0.3 is 15.0 Å². The van der Waals surface area contributed by atoms with Crippen LogP contribution in [0.25, 0.3) is 0 Å². The van der Waals surface area contributed by atoms with E-state index in [1.54, 1.807) is 7.11 Å². The molecule has 0 saturated carbocycles. The van der Waals surface area contributed by atoms with Crippen molar-refractivity contribution in [2.75, 3.05) is 26.1 Å². The molecule has 0 aromatic carbocycles. The van der Waals surface area contributed by atoms with E-state index in [1.807, 2.05) is 51.2 Å². The lowest BCUT2D eigenvalue weighted by molar-refractivity contribution is 0.398. The molecule has 0 bridgehead atoms. The lowest BCUT2D eigenvalue weighted by Crippen LogP contribution is -2.14. The van der Waals surface area contributed by atoms with Crippen LogP contribution >= 0.6 is 0 Å². The molecule has 0 aliphatic rings.